The van der Waals surface area contributed by atoms with Gasteiger partial charge in [-0.25, -0.2) is 0 Å². The molecule has 1 aromatic heterocycles. The van der Waals surface area contributed by atoms with E-state index in [9.17, 15) is 5.11 Å². The number of ether oxygens (including phenoxy) is 1. The van der Waals surface area contributed by atoms with Crippen molar-refractivity contribution in [2.45, 2.75) is 26.6 Å². The van der Waals surface area contributed by atoms with Crippen LogP contribution in [0.2, 0.25) is 0 Å². The molecule has 0 aliphatic carbocycles. The summed E-state index contributed by atoms with van der Waals surface area (Å²) in [5.41, 5.74) is 7.24. The molecule has 0 bridgehead atoms. The quantitative estimate of drug-likeness (QED) is 0.807. The van der Waals surface area contributed by atoms with Crippen LogP contribution in [0.1, 0.15) is 22.2 Å². The molecule has 2 heterocycles. The first kappa shape index (κ1) is 11.5. The molecule has 3 N–H and O–H groups in total. The fraction of sp³-hybridized carbons (Fsp3) is 0.333. The predicted molar refractivity (Wildman–Crippen MR) is 65.3 cm³/mol. The molecule has 1 atom stereocenters. The van der Waals surface area contributed by atoms with Gasteiger partial charge in [-0.15, -0.1) is 0 Å². The van der Waals surface area contributed by atoms with E-state index in [-0.39, 0.29) is 14.5 Å². The Morgan fingerprint density at radius 1 is 1.62 bits per heavy atom. The van der Waals surface area contributed by atoms with Crippen molar-refractivity contribution < 1.29 is 9.84 Å². The van der Waals surface area contributed by atoms with Crippen LogP contribution in [-0.4, -0.2) is 25.9 Å². The first-order valence-electron chi connectivity index (χ1n) is 5.25. The van der Waals surface area contributed by atoms with Gasteiger partial charge in [0, 0.05) is 0 Å². The summed E-state index contributed by atoms with van der Waals surface area (Å²) in [6.07, 6.45) is 3.99. The van der Waals surface area contributed by atoms with Crippen molar-refractivity contribution in [1.29, 1.82) is 0 Å². The summed E-state index contributed by atoms with van der Waals surface area (Å²) in [4.78, 5) is 0. The zero-order chi connectivity index (χ0) is 11.7. The zero-order valence-corrected chi connectivity index (χ0v) is 11.1. The van der Waals surface area contributed by atoms with Gasteiger partial charge in [-0.2, -0.15) is 0 Å². The van der Waals surface area contributed by atoms with Crippen molar-refractivity contribution >= 4 is 20.1 Å². The van der Waals surface area contributed by atoms with Gasteiger partial charge in [-0.05, 0) is 0 Å². The molecule has 1 unspecified atom stereocenters. The van der Waals surface area contributed by atoms with Gasteiger partial charge in [-0.3, -0.25) is 0 Å². The Morgan fingerprint density at radius 2 is 2.38 bits per heavy atom. The van der Waals surface area contributed by atoms with Crippen molar-refractivity contribution in [2.24, 2.45) is 5.73 Å². The van der Waals surface area contributed by atoms with Crippen LogP contribution < -0.4 is 10.5 Å². The molecule has 86 valence electrons. The summed E-state index contributed by atoms with van der Waals surface area (Å²) < 4.78 is 7.80. The summed E-state index contributed by atoms with van der Waals surface area (Å²) in [7, 11) is 0. The molecular formula is C12H15NO2Se. The second kappa shape index (κ2) is 4.50. The fourth-order valence-corrected chi connectivity index (χ4v) is 3.70. The number of rotatable bonds is 2. The SMILES string of the molecule is CC/C=C\C1=C(N)C(O)Oc2cc(C)[se]c21. The van der Waals surface area contributed by atoms with Crippen molar-refractivity contribution in [1.82, 2.24) is 0 Å². The van der Waals surface area contributed by atoms with E-state index < -0.39 is 6.29 Å². The summed E-state index contributed by atoms with van der Waals surface area (Å²) in [5.74, 6) is 0.787. The number of hydrogen-bond donors (Lipinski definition) is 2. The number of allylic oxidation sites excluding steroid dienone is 3. The maximum atomic E-state index is 9.69. The maximum absolute atomic E-state index is 9.69. The van der Waals surface area contributed by atoms with Crippen molar-refractivity contribution in [2.75, 3.05) is 0 Å². The van der Waals surface area contributed by atoms with Gasteiger partial charge < -0.3 is 0 Å². The molecule has 0 saturated heterocycles. The van der Waals surface area contributed by atoms with Crippen LogP contribution in [0.4, 0.5) is 0 Å². The first-order chi connectivity index (χ1) is 7.63. The van der Waals surface area contributed by atoms with E-state index in [1.54, 1.807) is 0 Å². The molecule has 2 rings (SSSR count). The van der Waals surface area contributed by atoms with Gasteiger partial charge in [-0.1, -0.05) is 0 Å². The van der Waals surface area contributed by atoms with E-state index in [2.05, 4.69) is 19.9 Å². The zero-order valence-electron chi connectivity index (χ0n) is 9.36. The first-order valence-corrected chi connectivity index (χ1v) is 6.96. The van der Waals surface area contributed by atoms with E-state index in [0.717, 1.165) is 22.2 Å². The molecular weight excluding hydrogens is 269 g/mol. The summed E-state index contributed by atoms with van der Waals surface area (Å²) in [5, 5.41) is 9.69. The Hall–Kier alpha value is -0.961. The average Bonchev–Trinajstić information content (AvgIpc) is 2.59. The second-order valence-electron chi connectivity index (χ2n) is 3.70. The molecule has 0 saturated carbocycles. The van der Waals surface area contributed by atoms with Crippen LogP contribution in [0.3, 0.4) is 0 Å². The van der Waals surface area contributed by atoms with Crippen molar-refractivity contribution in [3.63, 3.8) is 0 Å². The Morgan fingerprint density at radius 3 is 3.06 bits per heavy atom. The molecule has 0 amide bonds. The molecule has 1 aliphatic rings. The summed E-state index contributed by atoms with van der Waals surface area (Å²) in [6.45, 7) is 4.15. The topological polar surface area (TPSA) is 55.5 Å². The summed E-state index contributed by atoms with van der Waals surface area (Å²) in [6, 6.07) is 1.99. The van der Waals surface area contributed by atoms with Crippen molar-refractivity contribution in [3.05, 3.63) is 32.8 Å². The van der Waals surface area contributed by atoms with Gasteiger partial charge in [0.1, 0.15) is 0 Å². The third kappa shape index (κ3) is 1.96. The Labute approximate surface area is 101 Å². The number of fused-ring (bicyclic) bond motifs is 1. The monoisotopic (exact) mass is 285 g/mol. The van der Waals surface area contributed by atoms with Crippen LogP contribution in [0, 0.1) is 6.92 Å². The van der Waals surface area contributed by atoms with Crippen LogP contribution in [0.15, 0.2) is 23.9 Å². The minimum atomic E-state index is -1.01. The third-order valence-electron chi connectivity index (χ3n) is 2.40. The van der Waals surface area contributed by atoms with E-state index >= 15 is 0 Å². The number of hydrogen-bond acceptors (Lipinski definition) is 3. The van der Waals surface area contributed by atoms with Crippen LogP contribution in [0.5, 0.6) is 5.75 Å². The Balaban J connectivity index is 2.50. The molecule has 0 radical (unpaired) electrons. The Kier molecular flexibility index (Phi) is 3.24. The van der Waals surface area contributed by atoms with Gasteiger partial charge in [0.05, 0.1) is 0 Å². The number of aliphatic hydroxyl groups excluding tert-OH is 1. The molecule has 0 fully saturated rings. The van der Waals surface area contributed by atoms with Crippen molar-refractivity contribution in [3.8, 4) is 5.75 Å². The molecule has 1 aromatic rings. The van der Waals surface area contributed by atoms with E-state index in [1.807, 2.05) is 12.1 Å². The van der Waals surface area contributed by atoms with Gasteiger partial charge in [0.25, 0.3) is 0 Å². The standard InChI is InChI=1S/C12H15NO2Se/c1-3-4-5-8-10(13)12(14)15-9-6-7(2)16-11(8)9/h4-6,12,14H,3,13H2,1-2H3/b5-4-. The van der Waals surface area contributed by atoms with Crippen LogP contribution in [-0.2, 0) is 0 Å². The second-order valence-corrected chi connectivity index (χ2v) is 6.34. The van der Waals surface area contributed by atoms with Gasteiger partial charge in [0.15, 0.2) is 0 Å². The third-order valence-corrected chi connectivity index (χ3v) is 4.64. The minimum absolute atomic E-state index is 0.271. The number of aliphatic hydroxyl groups is 1. The van der Waals surface area contributed by atoms with E-state index in [1.165, 1.54) is 4.44 Å². The molecule has 0 aromatic carbocycles. The predicted octanol–water partition coefficient (Wildman–Crippen LogP) is 1.40. The normalized spacial score (nSPS) is 20.1. The Bertz CT molecular complexity index is 460. The number of aryl methyl sites for hydroxylation is 1. The number of nitrogens with two attached hydrogens (primary N) is 1. The average molecular weight is 284 g/mol. The van der Waals surface area contributed by atoms with Crippen LogP contribution in [0.25, 0.3) is 5.57 Å². The molecule has 0 spiro atoms. The molecule has 1 aliphatic heterocycles. The van der Waals surface area contributed by atoms with E-state index in [4.69, 9.17) is 10.5 Å². The fourth-order valence-electron chi connectivity index (χ4n) is 1.62. The molecule has 4 heteroatoms. The summed E-state index contributed by atoms with van der Waals surface area (Å²) >= 11 is 0.271. The van der Waals surface area contributed by atoms with Crippen LogP contribution >= 0.6 is 0 Å². The van der Waals surface area contributed by atoms with Gasteiger partial charge >= 0.3 is 101 Å². The van der Waals surface area contributed by atoms with E-state index in [0.29, 0.717) is 5.70 Å². The molecule has 3 nitrogen and oxygen atoms in total. The van der Waals surface area contributed by atoms with Gasteiger partial charge in [0.2, 0.25) is 0 Å². The molecule has 16 heavy (non-hydrogen) atoms.